The Morgan fingerprint density at radius 1 is 0.805 bits per heavy atom. The Hall–Kier alpha value is -5.17. The summed E-state index contributed by atoms with van der Waals surface area (Å²) in [4.78, 5) is 25.2. The van der Waals surface area contributed by atoms with Crippen LogP contribution < -0.4 is 14.8 Å². The number of rotatable bonds is 7. The molecule has 0 radical (unpaired) electrons. The molecule has 4 aromatic carbocycles. The fourth-order valence-corrected chi connectivity index (χ4v) is 4.66. The number of methoxy groups -OCH3 is 1. The summed E-state index contributed by atoms with van der Waals surface area (Å²) in [5, 5.41) is 7.94. The molecule has 0 bridgehead atoms. The van der Waals surface area contributed by atoms with E-state index < -0.39 is 5.97 Å². The van der Waals surface area contributed by atoms with Gasteiger partial charge >= 0.3 is 5.97 Å². The van der Waals surface area contributed by atoms with Gasteiger partial charge in [-0.1, -0.05) is 48.0 Å². The van der Waals surface area contributed by atoms with Crippen LogP contribution in [-0.4, -0.2) is 28.8 Å². The van der Waals surface area contributed by atoms with Gasteiger partial charge in [-0.15, -0.1) is 0 Å². The minimum atomic E-state index is -0.447. The summed E-state index contributed by atoms with van der Waals surface area (Å²) in [5.74, 6) is 0.332. The third-order valence-electron chi connectivity index (χ3n) is 6.75. The Morgan fingerprint density at radius 2 is 1.51 bits per heavy atom. The van der Waals surface area contributed by atoms with E-state index in [-0.39, 0.29) is 5.91 Å². The van der Waals surface area contributed by atoms with Crippen LogP contribution in [0.25, 0.3) is 28.1 Å². The van der Waals surface area contributed by atoms with E-state index in [4.69, 9.17) is 14.6 Å². The number of esters is 1. The van der Waals surface area contributed by atoms with Gasteiger partial charge in [-0.05, 0) is 86.0 Å². The predicted octanol–water partition coefficient (Wildman–Crippen LogP) is 7.32. The lowest BCUT2D eigenvalue weighted by molar-refractivity contribution is -0.132. The van der Waals surface area contributed by atoms with Crippen molar-refractivity contribution in [1.82, 2.24) is 9.78 Å². The molecular weight excluding hydrogens is 514 g/mol. The van der Waals surface area contributed by atoms with Gasteiger partial charge in [-0.2, -0.15) is 9.78 Å². The van der Waals surface area contributed by atoms with Gasteiger partial charge in [0.15, 0.2) is 0 Å². The summed E-state index contributed by atoms with van der Waals surface area (Å²) in [6, 6.07) is 28.5. The Morgan fingerprint density at radius 3 is 2.17 bits per heavy atom. The molecule has 0 saturated carbocycles. The number of hydrogen-bond donors (Lipinski definition) is 1. The highest BCUT2D eigenvalue weighted by Crippen LogP contribution is 2.42. The molecule has 1 aromatic heterocycles. The molecule has 5 rings (SSSR count). The second-order valence-corrected chi connectivity index (χ2v) is 9.95. The molecule has 5 aromatic rings. The van der Waals surface area contributed by atoms with E-state index in [1.807, 2.05) is 81.4 Å². The fraction of sp³-hybridized carbons (Fsp3) is 0.147. The molecule has 1 amide bonds. The SMILES string of the molecule is COc1ccc(C(=O)Nc2ccc(-c3c(-c4cccc(C)c4)nn(-c4cc(C)ccc4C)c3OC(C)=O)cc2)cc1. The van der Waals surface area contributed by atoms with Crippen LogP contribution >= 0.6 is 0 Å². The second-order valence-electron chi connectivity index (χ2n) is 9.95. The third kappa shape index (κ3) is 5.89. The molecule has 0 atom stereocenters. The minimum absolute atomic E-state index is 0.232. The van der Waals surface area contributed by atoms with E-state index in [9.17, 15) is 9.59 Å². The van der Waals surface area contributed by atoms with Crippen molar-refractivity contribution >= 4 is 17.6 Å². The summed E-state index contributed by atoms with van der Waals surface area (Å²) < 4.78 is 12.7. The van der Waals surface area contributed by atoms with Crippen molar-refractivity contribution in [2.24, 2.45) is 0 Å². The number of ether oxygens (including phenoxy) is 2. The lowest BCUT2D eigenvalue weighted by Crippen LogP contribution is -2.11. The van der Waals surface area contributed by atoms with Gasteiger partial charge < -0.3 is 14.8 Å². The van der Waals surface area contributed by atoms with Crippen LogP contribution in [0, 0.1) is 20.8 Å². The van der Waals surface area contributed by atoms with Crippen LogP contribution in [0.15, 0.2) is 91.0 Å². The number of anilines is 1. The molecule has 41 heavy (non-hydrogen) atoms. The topological polar surface area (TPSA) is 82.4 Å². The molecule has 0 aliphatic heterocycles. The van der Waals surface area contributed by atoms with Crippen LogP contribution in [0.5, 0.6) is 11.6 Å². The van der Waals surface area contributed by atoms with Crippen molar-refractivity contribution in [3.05, 3.63) is 113 Å². The number of aromatic nitrogens is 2. The number of nitrogens with zero attached hydrogens (tertiary/aromatic N) is 2. The first-order valence-electron chi connectivity index (χ1n) is 13.3. The number of benzene rings is 4. The zero-order valence-electron chi connectivity index (χ0n) is 23.7. The zero-order chi connectivity index (χ0) is 29.1. The smallest absolute Gasteiger partial charge is 0.309 e. The lowest BCUT2D eigenvalue weighted by atomic mass is 9.99. The number of carbonyl (C=O) groups is 2. The molecule has 0 saturated heterocycles. The van der Waals surface area contributed by atoms with Crippen molar-refractivity contribution in [1.29, 1.82) is 0 Å². The van der Waals surface area contributed by atoms with Gasteiger partial charge in [0.1, 0.15) is 11.4 Å². The van der Waals surface area contributed by atoms with Crippen molar-refractivity contribution < 1.29 is 19.1 Å². The predicted molar refractivity (Wildman–Crippen MR) is 161 cm³/mol. The summed E-state index contributed by atoms with van der Waals surface area (Å²) >= 11 is 0. The monoisotopic (exact) mass is 545 g/mol. The van der Waals surface area contributed by atoms with Crippen molar-refractivity contribution in [3.63, 3.8) is 0 Å². The highest BCUT2D eigenvalue weighted by Gasteiger charge is 2.25. The van der Waals surface area contributed by atoms with Crippen LogP contribution in [0.1, 0.15) is 34.0 Å². The average molecular weight is 546 g/mol. The molecule has 7 heteroatoms. The Kier molecular flexibility index (Phi) is 7.70. The number of hydrogen-bond acceptors (Lipinski definition) is 5. The summed E-state index contributed by atoms with van der Waals surface area (Å²) in [6.07, 6.45) is 0. The molecule has 0 fully saturated rings. The van der Waals surface area contributed by atoms with E-state index >= 15 is 0 Å². The van der Waals surface area contributed by atoms with Gasteiger partial charge in [0, 0.05) is 23.7 Å². The van der Waals surface area contributed by atoms with E-state index in [1.165, 1.54) is 6.92 Å². The molecule has 206 valence electrons. The van der Waals surface area contributed by atoms with Crippen LogP contribution in [0.2, 0.25) is 0 Å². The zero-order valence-corrected chi connectivity index (χ0v) is 23.7. The normalized spacial score (nSPS) is 10.8. The molecule has 0 aliphatic rings. The highest BCUT2D eigenvalue weighted by molar-refractivity contribution is 6.04. The lowest BCUT2D eigenvalue weighted by Gasteiger charge is -2.12. The molecule has 0 aliphatic carbocycles. The number of aryl methyl sites for hydroxylation is 3. The Balaban J connectivity index is 1.61. The van der Waals surface area contributed by atoms with Gasteiger partial charge in [0.2, 0.25) is 5.88 Å². The largest absolute Gasteiger partial charge is 0.497 e. The third-order valence-corrected chi connectivity index (χ3v) is 6.75. The second kappa shape index (κ2) is 11.5. The van der Waals surface area contributed by atoms with Gasteiger partial charge in [-0.3, -0.25) is 9.59 Å². The quantitative estimate of drug-likeness (QED) is 0.217. The first-order chi connectivity index (χ1) is 19.7. The van der Waals surface area contributed by atoms with Crippen LogP contribution in [0.3, 0.4) is 0 Å². The first kappa shape index (κ1) is 27.4. The maximum absolute atomic E-state index is 12.8. The maximum atomic E-state index is 12.8. The maximum Gasteiger partial charge on any atom is 0.309 e. The summed E-state index contributed by atoms with van der Waals surface area (Å²) in [7, 11) is 1.58. The molecule has 0 unspecified atom stereocenters. The first-order valence-corrected chi connectivity index (χ1v) is 13.3. The van der Waals surface area contributed by atoms with Crippen molar-refractivity contribution in [3.8, 4) is 39.7 Å². The van der Waals surface area contributed by atoms with Gasteiger partial charge in [-0.25, -0.2) is 0 Å². The number of nitrogens with one attached hydrogen (secondary N) is 1. The Labute approximate surface area is 239 Å². The molecule has 1 heterocycles. The van der Waals surface area contributed by atoms with Crippen LogP contribution in [0.4, 0.5) is 5.69 Å². The summed E-state index contributed by atoms with van der Waals surface area (Å²) in [6.45, 7) is 7.42. The van der Waals surface area contributed by atoms with Crippen LogP contribution in [-0.2, 0) is 4.79 Å². The van der Waals surface area contributed by atoms with E-state index in [0.717, 1.165) is 33.5 Å². The van der Waals surface area contributed by atoms with Crippen molar-refractivity contribution in [2.75, 3.05) is 12.4 Å². The molecule has 1 N–H and O–H groups in total. The fourth-order valence-electron chi connectivity index (χ4n) is 4.66. The minimum Gasteiger partial charge on any atom is -0.497 e. The van der Waals surface area contributed by atoms with E-state index in [1.54, 1.807) is 36.1 Å². The average Bonchev–Trinajstić information content (AvgIpc) is 3.33. The molecule has 0 spiro atoms. The van der Waals surface area contributed by atoms with Crippen molar-refractivity contribution in [2.45, 2.75) is 27.7 Å². The summed E-state index contributed by atoms with van der Waals surface area (Å²) in [5.41, 5.74) is 8.15. The number of carbonyl (C=O) groups excluding carboxylic acids is 2. The van der Waals surface area contributed by atoms with E-state index in [2.05, 4.69) is 11.4 Å². The van der Waals surface area contributed by atoms with E-state index in [0.29, 0.717) is 34.1 Å². The molecular formula is C34H31N3O4. The molecule has 7 nitrogen and oxygen atoms in total. The Bertz CT molecular complexity index is 1740. The van der Waals surface area contributed by atoms with Gasteiger partial charge in [0.25, 0.3) is 5.91 Å². The highest BCUT2D eigenvalue weighted by atomic mass is 16.5. The standard InChI is InChI=1S/C34H31N3O4/c1-21-7-6-8-27(19-21)32-31(34(41-24(4)38)37(36-32)30-20-22(2)9-10-23(30)3)25-11-15-28(16-12-25)35-33(39)26-13-17-29(40-5)18-14-26/h6-20H,1-5H3,(H,35,39). The number of amides is 1. The van der Waals surface area contributed by atoms with Gasteiger partial charge in [0.05, 0.1) is 18.4 Å².